The first-order chi connectivity index (χ1) is 8.65. The molecular formula is C14H12BrNS2. The van der Waals surface area contributed by atoms with Crippen LogP contribution in [0.4, 0.5) is 0 Å². The highest BCUT2D eigenvalue weighted by Gasteiger charge is 2.17. The fourth-order valence-electron chi connectivity index (χ4n) is 2.00. The van der Waals surface area contributed by atoms with E-state index in [0.717, 1.165) is 4.47 Å². The van der Waals surface area contributed by atoms with Gasteiger partial charge in [-0.3, -0.25) is 0 Å². The summed E-state index contributed by atoms with van der Waals surface area (Å²) in [4.78, 5) is 3.71. The van der Waals surface area contributed by atoms with Crippen molar-refractivity contribution in [3.05, 3.63) is 55.5 Å². The maximum atomic E-state index is 6.39. The Labute approximate surface area is 122 Å². The first-order valence-electron chi connectivity index (χ1n) is 5.65. The number of hydrogen-bond acceptors (Lipinski definition) is 3. The third kappa shape index (κ3) is 2.14. The molecule has 3 aromatic rings. The summed E-state index contributed by atoms with van der Waals surface area (Å²) < 4.78 is 2.42. The van der Waals surface area contributed by atoms with E-state index in [4.69, 9.17) is 5.73 Å². The quantitative estimate of drug-likeness (QED) is 0.693. The molecule has 1 aromatic carbocycles. The van der Waals surface area contributed by atoms with Crippen molar-refractivity contribution in [3.63, 3.8) is 0 Å². The van der Waals surface area contributed by atoms with E-state index in [1.54, 1.807) is 22.7 Å². The molecule has 18 heavy (non-hydrogen) atoms. The average molecular weight is 338 g/mol. The lowest BCUT2D eigenvalue weighted by Crippen LogP contribution is -2.08. The Balaban J connectivity index is 2.06. The van der Waals surface area contributed by atoms with Crippen LogP contribution in [0.2, 0.25) is 0 Å². The lowest BCUT2D eigenvalue weighted by Gasteiger charge is -2.07. The van der Waals surface area contributed by atoms with E-state index in [2.05, 4.69) is 59.3 Å². The molecule has 0 fully saturated rings. The van der Waals surface area contributed by atoms with Crippen LogP contribution in [-0.2, 0) is 0 Å². The maximum Gasteiger partial charge on any atom is 0.0751 e. The second kappa shape index (κ2) is 4.78. The minimum atomic E-state index is -0.0320. The molecular weight excluding hydrogens is 326 g/mol. The summed E-state index contributed by atoms with van der Waals surface area (Å²) in [5, 5.41) is 1.28. The monoisotopic (exact) mass is 337 g/mol. The molecule has 0 radical (unpaired) electrons. The van der Waals surface area contributed by atoms with Gasteiger partial charge in [-0.15, -0.1) is 22.7 Å². The van der Waals surface area contributed by atoms with Crippen LogP contribution in [0.25, 0.3) is 10.1 Å². The molecule has 0 spiro atoms. The molecule has 0 bridgehead atoms. The molecule has 0 amide bonds. The first-order valence-corrected chi connectivity index (χ1v) is 8.07. The number of hydrogen-bond donors (Lipinski definition) is 1. The van der Waals surface area contributed by atoms with E-state index < -0.39 is 0 Å². The highest BCUT2D eigenvalue weighted by molar-refractivity contribution is 9.10. The van der Waals surface area contributed by atoms with Gasteiger partial charge in [-0.25, -0.2) is 0 Å². The largest absolute Gasteiger partial charge is 0.319 e. The van der Waals surface area contributed by atoms with E-state index in [0.29, 0.717) is 0 Å². The highest BCUT2D eigenvalue weighted by atomic mass is 79.9. The molecule has 4 heteroatoms. The SMILES string of the molecule is Cc1cc(Br)c(C(N)c2cc3ccccc3s2)s1. The van der Waals surface area contributed by atoms with Gasteiger partial charge in [0.2, 0.25) is 0 Å². The number of nitrogens with two attached hydrogens (primary N) is 1. The summed E-state index contributed by atoms with van der Waals surface area (Å²) in [5.41, 5.74) is 6.39. The Morgan fingerprint density at radius 2 is 1.94 bits per heavy atom. The summed E-state index contributed by atoms with van der Waals surface area (Å²) in [6.45, 7) is 2.11. The van der Waals surface area contributed by atoms with Crippen molar-refractivity contribution in [1.29, 1.82) is 0 Å². The van der Waals surface area contributed by atoms with E-state index >= 15 is 0 Å². The van der Waals surface area contributed by atoms with Crippen molar-refractivity contribution in [1.82, 2.24) is 0 Å². The lowest BCUT2D eigenvalue weighted by molar-refractivity contribution is 0.913. The Bertz CT molecular complexity index is 666. The van der Waals surface area contributed by atoms with Gasteiger partial charge >= 0.3 is 0 Å². The number of thiophene rings is 2. The number of benzene rings is 1. The minimum absolute atomic E-state index is 0.0320. The van der Waals surface area contributed by atoms with Gasteiger partial charge in [0, 0.05) is 23.8 Å². The van der Waals surface area contributed by atoms with E-state index in [9.17, 15) is 0 Å². The summed E-state index contributed by atoms with van der Waals surface area (Å²) in [6, 6.07) is 12.7. The lowest BCUT2D eigenvalue weighted by atomic mass is 10.2. The molecule has 2 heterocycles. The van der Waals surface area contributed by atoms with Crippen LogP contribution in [-0.4, -0.2) is 0 Å². The van der Waals surface area contributed by atoms with Crippen LogP contribution in [0.15, 0.2) is 40.9 Å². The van der Waals surface area contributed by atoms with Gasteiger partial charge < -0.3 is 5.73 Å². The molecule has 3 rings (SSSR count). The van der Waals surface area contributed by atoms with Crippen molar-refractivity contribution in [2.75, 3.05) is 0 Å². The van der Waals surface area contributed by atoms with Crippen LogP contribution in [0.1, 0.15) is 20.7 Å². The first kappa shape index (κ1) is 12.4. The zero-order valence-electron chi connectivity index (χ0n) is 9.81. The van der Waals surface area contributed by atoms with Gasteiger partial charge in [0.25, 0.3) is 0 Å². The maximum absolute atomic E-state index is 6.39. The standard InChI is InChI=1S/C14H12BrNS2/c1-8-6-10(15)14(17-8)13(16)12-7-9-4-2-3-5-11(9)18-12/h2-7,13H,16H2,1H3. The third-order valence-electron chi connectivity index (χ3n) is 2.87. The van der Waals surface area contributed by atoms with Crippen molar-refractivity contribution < 1.29 is 0 Å². The molecule has 0 saturated carbocycles. The summed E-state index contributed by atoms with van der Waals surface area (Å²) >= 11 is 7.13. The molecule has 0 aliphatic rings. The van der Waals surface area contributed by atoms with Gasteiger partial charge in [0.05, 0.1) is 6.04 Å². The molecule has 1 atom stereocenters. The predicted octanol–water partition coefficient (Wildman–Crippen LogP) is 5.08. The fourth-order valence-corrected chi connectivity index (χ4v) is 5.07. The molecule has 1 nitrogen and oxygen atoms in total. The number of fused-ring (bicyclic) bond motifs is 1. The summed E-state index contributed by atoms with van der Waals surface area (Å²) in [6.07, 6.45) is 0. The molecule has 0 aliphatic heterocycles. The Hall–Kier alpha value is -0.680. The van der Waals surface area contributed by atoms with Crippen molar-refractivity contribution in [3.8, 4) is 0 Å². The van der Waals surface area contributed by atoms with Crippen LogP contribution in [0.5, 0.6) is 0 Å². The molecule has 1 unspecified atom stereocenters. The number of halogens is 1. The van der Waals surface area contributed by atoms with E-state index in [1.807, 2.05) is 0 Å². The zero-order chi connectivity index (χ0) is 12.7. The van der Waals surface area contributed by atoms with Gasteiger partial charge in [-0.1, -0.05) is 18.2 Å². The third-order valence-corrected chi connectivity index (χ3v) is 6.12. The Morgan fingerprint density at radius 3 is 2.61 bits per heavy atom. The van der Waals surface area contributed by atoms with Crippen molar-refractivity contribution in [2.24, 2.45) is 5.73 Å². The van der Waals surface area contributed by atoms with Gasteiger partial charge in [0.1, 0.15) is 0 Å². The second-order valence-corrected chi connectivity index (χ2v) is 7.49. The van der Waals surface area contributed by atoms with Crippen LogP contribution in [0.3, 0.4) is 0 Å². The summed E-state index contributed by atoms with van der Waals surface area (Å²) in [7, 11) is 0. The fraction of sp³-hybridized carbons (Fsp3) is 0.143. The van der Waals surface area contributed by atoms with Crippen LogP contribution in [0, 0.1) is 6.92 Å². The smallest absolute Gasteiger partial charge is 0.0751 e. The Morgan fingerprint density at radius 1 is 1.17 bits per heavy atom. The highest BCUT2D eigenvalue weighted by Crippen LogP contribution is 2.38. The van der Waals surface area contributed by atoms with E-state index in [-0.39, 0.29) is 6.04 Å². The molecule has 0 aliphatic carbocycles. The normalized spacial score (nSPS) is 13.1. The molecule has 92 valence electrons. The number of rotatable bonds is 2. The van der Waals surface area contributed by atoms with Crippen LogP contribution >= 0.6 is 38.6 Å². The second-order valence-electron chi connectivity index (χ2n) is 4.23. The molecule has 2 aromatic heterocycles. The molecule has 0 saturated heterocycles. The van der Waals surface area contributed by atoms with Gasteiger partial charge in [-0.2, -0.15) is 0 Å². The van der Waals surface area contributed by atoms with Crippen molar-refractivity contribution in [2.45, 2.75) is 13.0 Å². The minimum Gasteiger partial charge on any atom is -0.319 e. The summed E-state index contributed by atoms with van der Waals surface area (Å²) in [5.74, 6) is 0. The topological polar surface area (TPSA) is 26.0 Å². The molecule has 2 N–H and O–H groups in total. The zero-order valence-corrected chi connectivity index (χ0v) is 13.0. The van der Waals surface area contributed by atoms with Crippen LogP contribution < -0.4 is 5.73 Å². The predicted molar refractivity (Wildman–Crippen MR) is 84.6 cm³/mol. The Kier molecular flexibility index (Phi) is 3.28. The average Bonchev–Trinajstić information content (AvgIpc) is 2.91. The van der Waals surface area contributed by atoms with Crippen molar-refractivity contribution >= 4 is 48.7 Å². The van der Waals surface area contributed by atoms with Gasteiger partial charge in [0.15, 0.2) is 0 Å². The number of aryl methyl sites for hydroxylation is 1. The van der Waals surface area contributed by atoms with E-state index in [1.165, 1.54) is 24.7 Å². The van der Waals surface area contributed by atoms with Gasteiger partial charge in [-0.05, 0) is 46.4 Å².